The molecule has 3 aromatic rings. The van der Waals surface area contributed by atoms with Crippen LogP contribution in [0.1, 0.15) is 36.0 Å². The molecule has 1 fully saturated rings. The quantitative estimate of drug-likeness (QED) is 0.361. The maximum Gasteiger partial charge on any atom is 0.573 e. The van der Waals surface area contributed by atoms with Crippen molar-refractivity contribution in [2.45, 2.75) is 50.5 Å². The number of alkyl halides is 3. The number of sulfonamides is 1. The minimum atomic E-state index is -4.78. The Morgan fingerprint density at radius 3 is 2.21 bits per heavy atom. The van der Waals surface area contributed by atoms with Gasteiger partial charge in [-0.05, 0) is 54.7 Å². The molecule has 4 rings (SSSR count). The average molecular weight is 604 g/mol. The van der Waals surface area contributed by atoms with Gasteiger partial charge >= 0.3 is 6.36 Å². The van der Waals surface area contributed by atoms with E-state index in [0.29, 0.717) is 36.1 Å². The van der Waals surface area contributed by atoms with Crippen molar-refractivity contribution in [2.75, 3.05) is 7.05 Å². The lowest BCUT2D eigenvalue weighted by atomic mass is 9.93. The summed E-state index contributed by atoms with van der Waals surface area (Å²) >= 11 is 0. The van der Waals surface area contributed by atoms with Crippen LogP contribution in [-0.4, -0.2) is 38.5 Å². The Bertz CT molecular complexity index is 1540. The van der Waals surface area contributed by atoms with Crippen LogP contribution in [0.5, 0.6) is 5.75 Å². The normalized spacial score (nSPS) is 17.1. The fourth-order valence-electron chi connectivity index (χ4n) is 5.24. The van der Waals surface area contributed by atoms with Crippen LogP contribution in [0.4, 0.5) is 13.2 Å². The molecule has 1 unspecified atom stereocenters. The highest BCUT2D eigenvalue weighted by Gasteiger charge is 2.39. The molecule has 0 heterocycles. The zero-order valence-electron chi connectivity index (χ0n) is 23.1. The number of nitrogens with zero attached hydrogens (tertiary/aromatic N) is 1. The summed E-state index contributed by atoms with van der Waals surface area (Å²) in [5.41, 5.74) is 3.49. The van der Waals surface area contributed by atoms with Gasteiger partial charge in [-0.2, -0.15) is 0 Å². The molecule has 0 saturated heterocycles. The second-order valence-electron chi connectivity index (χ2n) is 10.5. The van der Waals surface area contributed by atoms with Crippen LogP contribution >= 0.6 is 0 Å². The molecular formula is C30H32F3N3O5S. The highest BCUT2D eigenvalue weighted by Crippen LogP contribution is 2.34. The predicted molar refractivity (Wildman–Crippen MR) is 150 cm³/mol. The lowest BCUT2D eigenvalue weighted by molar-refractivity contribution is -0.274. The third kappa shape index (κ3) is 7.89. The van der Waals surface area contributed by atoms with Gasteiger partial charge in [0.25, 0.3) is 0 Å². The molecule has 2 atom stereocenters. The first kappa shape index (κ1) is 31.0. The van der Waals surface area contributed by atoms with Crippen molar-refractivity contribution in [3.63, 3.8) is 0 Å². The van der Waals surface area contributed by atoms with Crippen LogP contribution < -0.4 is 15.2 Å². The van der Waals surface area contributed by atoms with E-state index in [1.807, 2.05) is 19.1 Å². The SMILES string of the molecule is Cc1ccc(S(N)(=O)=O)c(-c2ccc(CN(C)C(=O)C3CCC[C@H]3C(=O)NCc3ccc(OC(F)(F)F)cc3)cc2)c1. The lowest BCUT2D eigenvalue weighted by Crippen LogP contribution is -2.40. The fraction of sp³-hybridized carbons (Fsp3) is 0.333. The highest BCUT2D eigenvalue weighted by molar-refractivity contribution is 7.89. The van der Waals surface area contributed by atoms with Crippen LogP contribution in [0.3, 0.4) is 0 Å². The fourth-order valence-corrected chi connectivity index (χ4v) is 5.98. The van der Waals surface area contributed by atoms with Crippen molar-refractivity contribution in [1.29, 1.82) is 0 Å². The Morgan fingerprint density at radius 2 is 1.60 bits per heavy atom. The summed E-state index contributed by atoms with van der Waals surface area (Å²) in [5, 5.41) is 8.20. The number of nitrogens with two attached hydrogens (primary N) is 1. The van der Waals surface area contributed by atoms with E-state index in [1.165, 1.54) is 30.3 Å². The van der Waals surface area contributed by atoms with Gasteiger partial charge < -0.3 is 15.0 Å². The molecule has 8 nitrogen and oxygen atoms in total. The third-order valence-corrected chi connectivity index (χ3v) is 8.27. The van der Waals surface area contributed by atoms with Crippen LogP contribution in [0.15, 0.2) is 71.6 Å². The number of hydrogen-bond acceptors (Lipinski definition) is 5. The van der Waals surface area contributed by atoms with E-state index in [9.17, 15) is 31.2 Å². The maximum absolute atomic E-state index is 13.3. The van der Waals surface area contributed by atoms with E-state index in [-0.39, 0.29) is 29.0 Å². The van der Waals surface area contributed by atoms with E-state index in [1.54, 1.807) is 36.2 Å². The first-order valence-corrected chi connectivity index (χ1v) is 14.9. The number of carbonyl (C=O) groups is 2. The summed E-state index contributed by atoms with van der Waals surface area (Å²) < 4.78 is 65.1. The van der Waals surface area contributed by atoms with Crippen LogP contribution in [0, 0.1) is 18.8 Å². The van der Waals surface area contributed by atoms with Crippen molar-refractivity contribution in [1.82, 2.24) is 10.2 Å². The zero-order valence-corrected chi connectivity index (χ0v) is 24.0. The molecule has 2 amide bonds. The smallest absolute Gasteiger partial charge is 0.406 e. The Kier molecular flexibility index (Phi) is 9.27. The zero-order chi connectivity index (χ0) is 30.7. The molecule has 0 aromatic heterocycles. The minimum Gasteiger partial charge on any atom is -0.406 e. The Labute approximate surface area is 242 Å². The molecule has 3 N–H and O–H groups in total. The van der Waals surface area contributed by atoms with Crippen molar-refractivity contribution in [3.8, 4) is 16.9 Å². The molecule has 0 bridgehead atoms. The van der Waals surface area contributed by atoms with Crippen molar-refractivity contribution < 1.29 is 35.9 Å². The number of carbonyl (C=O) groups excluding carboxylic acids is 2. The molecule has 3 aromatic carbocycles. The van der Waals surface area contributed by atoms with Crippen LogP contribution in [-0.2, 0) is 32.7 Å². The van der Waals surface area contributed by atoms with E-state index >= 15 is 0 Å². The number of ether oxygens (including phenoxy) is 1. The predicted octanol–water partition coefficient (Wildman–Crippen LogP) is 4.90. The number of halogens is 3. The Morgan fingerprint density at radius 1 is 0.976 bits per heavy atom. The summed E-state index contributed by atoms with van der Waals surface area (Å²) in [4.78, 5) is 27.9. The van der Waals surface area contributed by atoms with E-state index < -0.39 is 28.2 Å². The molecule has 12 heteroatoms. The topological polar surface area (TPSA) is 119 Å². The van der Waals surface area contributed by atoms with Gasteiger partial charge in [-0.15, -0.1) is 13.2 Å². The highest BCUT2D eigenvalue weighted by atomic mass is 32.2. The van der Waals surface area contributed by atoms with Gasteiger partial charge in [0.2, 0.25) is 21.8 Å². The number of benzene rings is 3. The van der Waals surface area contributed by atoms with Crippen LogP contribution in [0.25, 0.3) is 11.1 Å². The van der Waals surface area contributed by atoms with Gasteiger partial charge in [0.05, 0.1) is 4.90 Å². The monoisotopic (exact) mass is 603 g/mol. The van der Waals surface area contributed by atoms with Gasteiger partial charge in [0, 0.05) is 37.5 Å². The number of nitrogens with one attached hydrogen (secondary N) is 1. The molecular weight excluding hydrogens is 571 g/mol. The minimum absolute atomic E-state index is 0.0335. The molecule has 42 heavy (non-hydrogen) atoms. The summed E-state index contributed by atoms with van der Waals surface area (Å²) in [6, 6.07) is 17.4. The molecule has 1 aliphatic rings. The average Bonchev–Trinajstić information content (AvgIpc) is 3.41. The largest absolute Gasteiger partial charge is 0.573 e. The van der Waals surface area contributed by atoms with Gasteiger partial charge in [0.15, 0.2) is 0 Å². The van der Waals surface area contributed by atoms with E-state index in [4.69, 9.17) is 5.14 Å². The van der Waals surface area contributed by atoms with Crippen molar-refractivity contribution >= 4 is 21.8 Å². The van der Waals surface area contributed by atoms with Crippen LogP contribution in [0.2, 0.25) is 0 Å². The molecule has 1 aliphatic carbocycles. The second kappa shape index (κ2) is 12.5. The molecule has 0 aliphatic heterocycles. The third-order valence-electron chi connectivity index (χ3n) is 7.30. The first-order chi connectivity index (χ1) is 19.7. The van der Waals surface area contributed by atoms with Gasteiger partial charge in [-0.1, -0.05) is 60.5 Å². The second-order valence-corrected chi connectivity index (χ2v) is 12.0. The lowest BCUT2D eigenvalue weighted by Gasteiger charge is -2.25. The van der Waals surface area contributed by atoms with E-state index in [2.05, 4.69) is 10.1 Å². The Hall–Kier alpha value is -3.90. The van der Waals surface area contributed by atoms with Gasteiger partial charge in [-0.25, -0.2) is 13.6 Å². The Balaban J connectivity index is 1.36. The number of hydrogen-bond donors (Lipinski definition) is 2. The maximum atomic E-state index is 13.3. The van der Waals surface area contributed by atoms with E-state index in [0.717, 1.165) is 17.5 Å². The van der Waals surface area contributed by atoms with Gasteiger partial charge in [0.1, 0.15) is 5.75 Å². The molecule has 0 radical (unpaired) electrons. The number of aryl methyl sites for hydroxylation is 1. The summed E-state index contributed by atoms with van der Waals surface area (Å²) in [6.45, 7) is 2.27. The molecule has 0 spiro atoms. The molecule has 1 saturated carbocycles. The number of rotatable bonds is 9. The van der Waals surface area contributed by atoms with Crippen molar-refractivity contribution in [3.05, 3.63) is 83.4 Å². The summed E-state index contributed by atoms with van der Waals surface area (Å²) in [7, 11) is -2.24. The summed E-state index contributed by atoms with van der Waals surface area (Å²) in [5.74, 6) is -1.77. The van der Waals surface area contributed by atoms with Gasteiger partial charge in [-0.3, -0.25) is 9.59 Å². The molecule has 224 valence electrons. The number of primary sulfonamides is 1. The van der Waals surface area contributed by atoms with Crippen molar-refractivity contribution in [2.24, 2.45) is 17.0 Å². The standard InChI is InChI=1S/C30H32F3N3O5S/c1-19-6-15-27(42(34,39)40)26(16-19)22-11-7-21(8-12-22)18-36(2)29(38)25-5-3-4-24(25)28(37)35-17-20-9-13-23(14-10-20)41-30(31,32)33/h6-16,24-25H,3-5,17-18H2,1-2H3,(H,35,37)(H2,34,39,40)/t24-,25?/m1/s1. The summed E-state index contributed by atoms with van der Waals surface area (Å²) in [6.07, 6.45) is -2.92. The first-order valence-electron chi connectivity index (χ1n) is 13.3. The number of amides is 2.